The fourth-order valence-corrected chi connectivity index (χ4v) is 3.48. The molecule has 1 aromatic carbocycles. The van der Waals surface area contributed by atoms with Gasteiger partial charge in [-0.3, -0.25) is 4.79 Å². The van der Waals surface area contributed by atoms with Crippen LogP contribution in [0.3, 0.4) is 0 Å². The number of aromatic nitrogens is 3. The lowest BCUT2D eigenvalue weighted by atomic mass is 9.93. The van der Waals surface area contributed by atoms with Gasteiger partial charge in [0.2, 0.25) is 0 Å². The Bertz CT molecular complexity index is 899. The third kappa shape index (κ3) is 3.86. The van der Waals surface area contributed by atoms with Gasteiger partial charge >= 0.3 is 0 Å². The molecule has 1 saturated carbocycles. The van der Waals surface area contributed by atoms with Crippen LogP contribution in [0.15, 0.2) is 42.7 Å². The average molecular weight is 366 g/mol. The van der Waals surface area contributed by atoms with Crippen LogP contribution in [0.1, 0.15) is 36.2 Å². The summed E-state index contributed by atoms with van der Waals surface area (Å²) in [6.45, 7) is 0. The molecule has 1 fully saturated rings. The number of rotatable bonds is 5. The van der Waals surface area contributed by atoms with Crippen LogP contribution in [-0.2, 0) is 0 Å². The molecule has 0 saturated heterocycles. The Labute approximate surface area is 157 Å². The van der Waals surface area contributed by atoms with Crippen molar-refractivity contribution >= 4 is 16.8 Å². The van der Waals surface area contributed by atoms with E-state index in [-0.39, 0.29) is 18.1 Å². The highest BCUT2D eigenvalue weighted by atomic mass is 16.5. The Morgan fingerprint density at radius 1 is 1.11 bits per heavy atom. The number of benzene rings is 1. The number of hydrogen-bond donors (Lipinski definition) is 2. The third-order valence-electron chi connectivity index (χ3n) is 4.89. The number of aromatic amines is 1. The number of hydrogen-bond acceptors (Lipinski definition) is 5. The predicted octanol–water partition coefficient (Wildman–Crippen LogP) is 3.09. The van der Waals surface area contributed by atoms with Crippen LogP contribution in [0.4, 0.5) is 0 Å². The van der Waals surface area contributed by atoms with Crippen LogP contribution >= 0.6 is 0 Å². The maximum Gasteiger partial charge on any atom is 0.278 e. The van der Waals surface area contributed by atoms with E-state index < -0.39 is 0 Å². The molecule has 0 atom stereocenters. The SMILES string of the molecule is COc1nccnc1OC1CCC(NC(=O)c2cc3ccccc3[nH]2)CC1. The normalized spacial score (nSPS) is 19.6. The zero-order valence-electron chi connectivity index (χ0n) is 15.1. The molecule has 7 heteroatoms. The van der Waals surface area contributed by atoms with Crippen LogP contribution in [0.5, 0.6) is 11.8 Å². The first-order chi connectivity index (χ1) is 13.2. The molecule has 27 heavy (non-hydrogen) atoms. The number of amides is 1. The topological polar surface area (TPSA) is 89.1 Å². The number of fused-ring (bicyclic) bond motifs is 1. The van der Waals surface area contributed by atoms with Gasteiger partial charge in [-0.1, -0.05) is 18.2 Å². The lowest BCUT2D eigenvalue weighted by Gasteiger charge is -2.29. The number of nitrogens with zero attached hydrogens (tertiary/aromatic N) is 2. The lowest BCUT2D eigenvalue weighted by molar-refractivity contribution is 0.0882. The molecule has 7 nitrogen and oxygen atoms in total. The van der Waals surface area contributed by atoms with Crippen molar-refractivity contribution in [2.75, 3.05) is 7.11 Å². The molecule has 140 valence electrons. The van der Waals surface area contributed by atoms with Gasteiger partial charge in [0.1, 0.15) is 11.8 Å². The van der Waals surface area contributed by atoms with Gasteiger partial charge in [0, 0.05) is 29.3 Å². The smallest absolute Gasteiger partial charge is 0.278 e. The maximum absolute atomic E-state index is 12.5. The van der Waals surface area contributed by atoms with Gasteiger partial charge in [-0.15, -0.1) is 0 Å². The third-order valence-corrected chi connectivity index (χ3v) is 4.89. The molecule has 2 N–H and O–H groups in total. The molecule has 0 unspecified atom stereocenters. The van der Waals surface area contributed by atoms with Crippen molar-refractivity contribution in [1.82, 2.24) is 20.3 Å². The molecule has 2 aromatic heterocycles. The molecule has 1 aliphatic carbocycles. The zero-order chi connectivity index (χ0) is 18.6. The second-order valence-electron chi connectivity index (χ2n) is 6.71. The van der Waals surface area contributed by atoms with Crippen molar-refractivity contribution in [3.8, 4) is 11.8 Å². The van der Waals surface area contributed by atoms with Crippen LogP contribution < -0.4 is 14.8 Å². The summed E-state index contributed by atoms with van der Waals surface area (Å²) in [7, 11) is 1.55. The van der Waals surface area contributed by atoms with Gasteiger partial charge in [0.25, 0.3) is 17.7 Å². The van der Waals surface area contributed by atoms with E-state index in [0.717, 1.165) is 36.6 Å². The van der Waals surface area contributed by atoms with Crippen LogP contribution in [-0.4, -0.2) is 40.1 Å². The van der Waals surface area contributed by atoms with Gasteiger partial charge in [-0.2, -0.15) is 0 Å². The van der Waals surface area contributed by atoms with E-state index in [1.54, 1.807) is 19.5 Å². The maximum atomic E-state index is 12.5. The molecule has 2 heterocycles. The molecular weight excluding hydrogens is 344 g/mol. The van der Waals surface area contributed by atoms with Crippen molar-refractivity contribution in [1.29, 1.82) is 0 Å². The first-order valence-electron chi connectivity index (χ1n) is 9.13. The molecule has 3 aromatic rings. The summed E-state index contributed by atoms with van der Waals surface area (Å²) in [5.41, 5.74) is 1.57. The van der Waals surface area contributed by atoms with Crippen molar-refractivity contribution < 1.29 is 14.3 Å². The molecule has 0 spiro atoms. The fourth-order valence-electron chi connectivity index (χ4n) is 3.48. The predicted molar refractivity (Wildman–Crippen MR) is 101 cm³/mol. The van der Waals surface area contributed by atoms with E-state index in [0.29, 0.717) is 17.5 Å². The number of para-hydroxylation sites is 1. The summed E-state index contributed by atoms with van der Waals surface area (Å²) in [4.78, 5) is 24.0. The van der Waals surface area contributed by atoms with Gasteiger partial charge < -0.3 is 19.8 Å². The highest BCUT2D eigenvalue weighted by molar-refractivity contribution is 5.98. The van der Waals surface area contributed by atoms with Crippen LogP contribution in [0.2, 0.25) is 0 Å². The summed E-state index contributed by atoms with van der Waals surface area (Å²) in [6, 6.07) is 9.91. The number of ether oxygens (including phenoxy) is 2. The van der Waals surface area contributed by atoms with E-state index in [9.17, 15) is 4.79 Å². The minimum absolute atomic E-state index is 0.0526. The monoisotopic (exact) mass is 366 g/mol. The van der Waals surface area contributed by atoms with E-state index in [1.165, 1.54) is 0 Å². The Morgan fingerprint density at radius 3 is 2.59 bits per heavy atom. The summed E-state index contributed by atoms with van der Waals surface area (Å²) in [5.74, 6) is 0.753. The van der Waals surface area contributed by atoms with Crippen LogP contribution in [0, 0.1) is 0 Å². The lowest BCUT2D eigenvalue weighted by Crippen LogP contribution is -2.39. The number of H-pyrrole nitrogens is 1. The van der Waals surface area contributed by atoms with Gasteiger partial charge in [-0.05, 0) is 37.8 Å². The minimum atomic E-state index is -0.0637. The first kappa shape index (κ1) is 17.3. The Kier molecular flexibility index (Phi) is 4.91. The van der Waals surface area contributed by atoms with Crippen molar-refractivity contribution in [2.45, 2.75) is 37.8 Å². The second kappa shape index (κ2) is 7.65. The van der Waals surface area contributed by atoms with E-state index in [1.807, 2.05) is 30.3 Å². The van der Waals surface area contributed by atoms with E-state index in [4.69, 9.17) is 9.47 Å². The number of methoxy groups -OCH3 is 1. The Morgan fingerprint density at radius 2 is 1.85 bits per heavy atom. The van der Waals surface area contributed by atoms with Gasteiger partial charge in [0.15, 0.2) is 0 Å². The van der Waals surface area contributed by atoms with Gasteiger partial charge in [0.05, 0.1) is 7.11 Å². The molecule has 0 aliphatic heterocycles. The highest BCUT2D eigenvalue weighted by Crippen LogP contribution is 2.27. The fraction of sp³-hybridized carbons (Fsp3) is 0.350. The molecule has 1 amide bonds. The van der Waals surface area contributed by atoms with Crippen molar-refractivity contribution in [3.63, 3.8) is 0 Å². The van der Waals surface area contributed by atoms with E-state index in [2.05, 4.69) is 20.3 Å². The second-order valence-corrected chi connectivity index (χ2v) is 6.71. The Balaban J connectivity index is 1.32. The number of nitrogens with one attached hydrogen (secondary N) is 2. The molecule has 4 rings (SSSR count). The number of carbonyl (C=O) groups excluding carboxylic acids is 1. The average Bonchev–Trinajstić information content (AvgIpc) is 3.14. The van der Waals surface area contributed by atoms with Crippen molar-refractivity contribution in [2.24, 2.45) is 0 Å². The number of carbonyl (C=O) groups is 1. The summed E-state index contributed by atoms with van der Waals surface area (Å²) in [6.07, 6.45) is 6.62. The van der Waals surface area contributed by atoms with Gasteiger partial charge in [-0.25, -0.2) is 9.97 Å². The quantitative estimate of drug-likeness (QED) is 0.724. The zero-order valence-corrected chi connectivity index (χ0v) is 15.1. The molecule has 0 bridgehead atoms. The minimum Gasteiger partial charge on any atom is -0.477 e. The Hall–Kier alpha value is -3.09. The van der Waals surface area contributed by atoms with Crippen molar-refractivity contribution in [3.05, 3.63) is 48.4 Å². The molecular formula is C20H22N4O3. The standard InChI is InChI=1S/C20H22N4O3/c1-26-19-20(22-11-10-21-19)27-15-8-6-14(7-9-15)23-18(25)17-12-13-4-2-3-5-16(13)24-17/h2-5,10-12,14-15,24H,6-9H2,1H3,(H,23,25). The molecule has 0 radical (unpaired) electrons. The largest absolute Gasteiger partial charge is 0.477 e. The summed E-state index contributed by atoms with van der Waals surface area (Å²) in [5, 5.41) is 4.16. The highest BCUT2D eigenvalue weighted by Gasteiger charge is 2.25. The van der Waals surface area contributed by atoms with Crippen LogP contribution in [0.25, 0.3) is 10.9 Å². The van der Waals surface area contributed by atoms with E-state index >= 15 is 0 Å². The summed E-state index contributed by atoms with van der Waals surface area (Å²) < 4.78 is 11.1. The summed E-state index contributed by atoms with van der Waals surface area (Å²) >= 11 is 0. The molecule has 1 aliphatic rings. The first-order valence-corrected chi connectivity index (χ1v) is 9.13.